The van der Waals surface area contributed by atoms with Crippen LogP contribution < -0.4 is 5.73 Å². The molecule has 100 valence electrons. The van der Waals surface area contributed by atoms with E-state index in [1.807, 2.05) is 6.92 Å². The van der Waals surface area contributed by atoms with Gasteiger partial charge in [-0.3, -0.25) is 4.79 Å². The van der Waals surface area contributed by atoms with Crippen molar-refractivity contribution >= 4 is 5.91 Å². The Labute approximate surface area is 106 Å². The minimum absolute atomic E-state index is 0.139. The van der Waals surface area contributed by atoms with E-state index in [0.717, 1.165) is 19.4 Å². The van der Waals surface area contributed by atoms with E-state index < -0.39 is 0 Å². The summed E-state index contributed by atoms with van der Waals surface area (Å²) in [4.78, 5) is 14.5. The van der Waals surface area contributed by atoms with Crippen LogP contribution in [0.5, 0.6) is 0 Å². The van der Waals surface area contributed by atoms with Gasteiger partial charge in [-0.05, 0) is 39.2 Å². The second-order valence-electron chi connectivity index (χ2n) is 5.25. The van der Waals surface area contributed by atoms with Crippen molar-refractivity contribution < 1.29 is 4.79 Å². The molecule has 0 spiro atoms. The number of amides is 1. The minimum atomic E-state index is 0.139. The molecule has 0 aromatic carbocycles. The summed E-state index contributed by atoms with van der Waals surface area (Å²) in [7, 11) is 0. The lowest BCUT2D eigenvalue weighted by molar-refractivity contribution is -0.138. The number of hydrogen-bond acceptors (Lipinski definition) is 2. The molecule has 0 bridgehead atoms. The largest absolute Gasteiger partial charge is 0.340 e. The van der Waals surface area contributed by atoms with Crippen LogP contribution in [-0.4, -0.2) is 29.9 Å². The van der Waals surface area contributed by atoms with E-state index in [9.17, 15) is 4.79 Å². The normalized spacial score (nSPS) is 19.0. The summed E-state index contributed by atoms with van der Waals surface area (Å²) >= 11 is 0. The molecule has 0 radical (unpaired) electrons. The Balaban J connectivity index is 2.49. The van der Waals surface area contributed by atoms with Crippen LogP contribution in [-0.2, 0) is 4.79 Å². The van der Waals surface area contributed by atoms with Crippen LogP contribution in [0.1, 0.15) is 58.8 Å². The SMILES string of the molecule is CCN(C(=O)C(C)CCCN)C1CCCCC1. The predicted octanol–water partition coefficient (Wildman–Crippen LogP) is 2.54. The topological polar surface area (TPSA) is 46.3 Å². The molecule has 0 aliphatic heterocycles. The van der Waals surface area contributed by atoms with E-state index in [0.29, 0.717) is 18.5 Å². The lowest BCUT2D eigenvalue weighted by atomic mass is 9.92. The highest BCUT2D eigenvalue weighted by Gasteiger charge is 2.26. The number of nitrogens with zero attached hydrogens (tertiary/aromatic N) is 1. The molecular weight excluding hydrogens is 212 g/mol. The van der Waals surface area contributed by atoms with Crippen molar-refractivity contribution in [1.82, 2.24) is 4.90 Å². The van der Waals surface area contributed by atoms with Crippen LogP contribution in [0.4, 0.5) is 0 Å². The highest BCUT2D eigenvalue weighted by atomic mass is 16.2. The Hall–Kier alpha value is -0.570. The molecule has 3 heteroatoms. The predicted molar refractivity (Wildman–Crippen MR) is 71.7 cm³/mol. The van der Waals surface area contributed by atoms with Crippen LogP contribution in [0.15, 0.2) is 0 Å². The van der Waals surface area contributed by atoms with Gasteiger partial charge in [-0.25, -0.2) is 0 Å². The number of nitrogens with two attached hydrogens (primary N) is 1. The zero-order chi connectivity index (χ0) is 12.7. The Bertz CT molecular complexity index is 224. The highest BCUT2D eigenvalue weighted by Crippen LogP contribution is 2.24. The summed E-state index contributed by atoms with van der Waals surface area (Å²) in [5, 5.41) is 0. The van der Waals surface area contributed by atoms with E-state index in [1.165, 1.54) is 32.1 Å². The van der Waals surface area contributed by atoms with Crippen molar-refractivity contribution in [3.8, 4) is 0 Å². The Morgan fingerprint density at radius 1 is 1.35 bits per heavy atom. The fourth-order valence-electron chi connectivity index (χ4n) is 2.82. The molecule has 2 N–H and O–H groups in total. The maximum Gasteiger partial charge on any atom is 0.225 e. The average molecular weight is 240 g/mol. The number of hydrogen-bond donors (Lipinski definition) is 1. The zero-order valence-corrected chi connectivity index (χ0v) is 11.5. The molecule has 1 unspecified atom stereocenters. The van der Waals surface area contributed by atoms with E-state index in [1.54, 1.807) is 0 Å². The Morgan fingerprint density at radius 3 is 2.53 bits per heavy atom. The molecule has 17 heavy (non-hydrogen) atoms. The monoisotopic (exact) mass is 240 g/mol. The van der Waals surface area contributed by atoms with E-state index in [-0.39, 0.29) is 5.92 Å². The fourth-order valence-corrected chi connectivity index (χ4v) is 2.82. The zero-order valence-electron chi connectivity index (χ0n) is 11.5. The summed E-state index contributed by atoms with van der Waals surface area (Å²) < 4.78 is 0. The summed E-state index contributed by atoms with van der Waals surface area (Å²) in [6.07, 6.45) is 8.18. The third kappa shape index (κ3) is 4.30. The van der Waals surface area contributed by atoms with Crippen molar-refractivity contribution in [2.45, 2.75) is 64.8 Å². The molecule has 3 nitrogen and oxygen atoms in total. The summed E-state index contributed by atoms with van der Waals surface area (Å²) in [6, 6.07) is 0.501. The van der Waals surface area contributed by atoms with Crippen molar-refractivity contribution in [3.63, 3.8) is 0 Å². The summed E-state index contributed by atoms with van der Waals surface area (Å²) in [5.74, 6) is 0.480. The second kappa shape index (κ2) is 7.70. The number of rotatable bonds is 6. The van der Waals surface area contributed by atoms with Crippen molar-refractivity contribution in [2.24, 2.45) is 11.7 Å². The summed E-state index contributed by atoms with van der Waals surface area (Å²) in [5.41, 5.74) is 5.50. The number of carbonyl (C=O) groups is 1. The van der Waals surface area contributed by atoms with Crippen LogP contribution >= 0.6 is 0 Å². The molecule has 1 aliphatic rings. The van der Waals surface area contributed by atoms with Gasteiger partial charge in [0.05, 0.1) is 0 Å². The highest BCUT2D eigenvalue weighted by molar-refractivity contribution is 5.78. The fraction of sp³-hybridized carbons (Fsp3) is 0.929. The third-order valence-electron chi connectivity index (χ3n) is 3.90. The van der Waals surface area contributed by atoms with Crippen molar-refractivity contribution in [2.75, 3.05) is 13.1 Å². The van der Waals surface area contributed by atoms with E-state index in [4.69, 9.17) is 5.73 Å². The van der Waals surface area contributed by atoms with Crippen LogP contribution in [0.3, 0.4) is 0 Å². The van der Waals surface area contributed by atoms with Gasteiger partial charge in [0.1, 0.15) is 0 Å². The van der Waals surface area contributed by atoms with Gasteiger partial charge in [0, 0.05) is 18.5 Å². The smallest absolute Gasteiger partial charge is 0.225 e. The third-order valence-corrected chi connectivity index (χ3v) is 3.90. The Kier molecular flexibility index (Phi) is 6.56. The molecule has 0 aromatic heterocycles. The molecule has 0 saturated heterocycles. The first-order chi connectivity index (χ1) is 8.20. The number of carbonyl (C=O) groups excluding carboxylic acids is 1. The molecule has 1 atom stereocenters. The van der Waals surface area contributed by atoms with E-state index >= 15 is 0 Å². The van der Waals surface area contributed by atoms with Crippen LogP contribution in [0.2, 0.25) is 0 Å². The second-order valence-corrected chi connectivity index (χ2v) is 5.25. The molecule has 1 aliphatic carbocycles. The molecule has 1 amide bonds. The van der Waals surface area contributed by atoms with E-state index in [2.05, 4.69) is 11.8 Å². The van der Waals surface area contributed by atoms with Gasteiger partial charge in [-0.1, -0.05) is 26.2 Å². The van der Waals surface area contributed by atoms with Crippen LogP contribution in [0.25, 0.3) is 0 Å². The van der Waals surface area contributed by atoms with Crippen LogP contribution in [0, 0.1) is 5.92 Å². The minimum Gasteiger partial charge on any atom is -0.340 e. The quantitative estimate of drug-likeness (QED) is 0.775. The van der Waals surface area contributed by atoms with Gasteiger partial charge in [0.25, 0.3) is 0 Å². The first kappa shape index (κ1) is 14.5. The lowest BCUT2D eigenvalue weighted by Gasteiger charge is -2.35. The van der Waals surface area contributed by atoms with Gasteiger partial charge in [-0.15, -0.1) is 0 Å². The van der Waals surface area contributed by atoms with Crippen molar-refractivity contribution in [3.05, 3.63) is 0 Å². The van der Waals surface area contributed by atoms with Gasteiger partial charge in [0.2, 0.25) is 5.91 Å². The first-order valence-electron chi connectivity index (χ1n) is 7.21. The van der Waals surface area contributed by atoms with Gasteiger partial charge >= 0.3 is 0 Å². The maximum absolute atomic E-state index is 12.4. The first-order valence-corrected chi connectivity index (χ1v) is 7.21. The standard InChI is InChI=1S/C14H28N2O/c1-3-16(13-9-5-4-6-10-13)14(17)12(2)8-7-11-15/h12-13H,3-11,15H2,1-2H3. The van der Waals surface area contributed by atoms with Gasteiger partial charge in [0.15, 0.2) is 0 Å². The summed E-state index contributed by atoms with van der Waals surface area (Å²) in [6.45, 7) is 5.69. The average Bonchev–Trinajstić information content (AvgIpc) is 2.38. The maximum atomic E-state index is 12.4. The molecular formula is C14H28N2O. The molecule has 1 fully saturated rings. The molecule has 1 rings (SSSR count). The van der Waals surface area contributed by atoms with Gasteiger partial charge in [-0.2, -0.15) is 0 Å². The molecule has 1 saturated carbocycles. The lowest BCUT2D eigenvalue weighted by Crippen LogP contribution is -2.43. The molecule has 0 aromatic rings. The van der Waals surface area contributed by atoms with Crippen molar-refractivity contribution in [1.29, 1.82) is 0 Å². The Morgan fingerprint density at radius 2 is 2.00 bits per heavy atom. The molecule has 0 heterocycles. The van der Waals surface area contributed by atoms with Gasteiger partial charge < -0.3 is 10.6 Å².